The zero-order valence-electron chi connectivity index (χ0n) is 21.3. The molecule has 2 aromatic carbocycles. The lowest BCUT2D eigenvalue weighted by Crippen LogP contribution is -2.58. The molecule has 5 atom stereocenters. The number of ether oxygens (including phenoxy) is 3. The van der Waals surface area contributed by atoms with Gasteiger partial charge >= 0.3 is 5.97 Å². The van der Waals surface area contributed by atoms with Crippen molar-refractivity contribution in [2.75, 3.05) is 6.61 Å². The van der Waals surface area contributed by atoms with Crippen molar-refractivity contribution in [2.45, 2.75) is 70.4 Å². The second kappa shape index (κ2) is 11.4. The molecule has 2 aliphatic rings. The molecule has 39 heavy (non-hydrogen) atoms. The normalized spacial score (nSPS) is 24.2. The van der Waals surface area contributed by atoms with E-state index >= 15 is 0 Å². The molecule has 2 aromatic rings. The van der Waals surface area contributed by atoms with E-state index in [1.54, 1.807) is 0 Å². The van der Waals surface area contributed by atoms with Gasteiger partial charge in [-0.25, -0.2) is 0 Å². The smallest absolute Gasteiger partial charge is 0.308 e. The first-order valence-corrected chi connectivity index (χ1v) is 12.4. The molecule has 0 unspecified atom stereocenters. The van der Waals surface area contributed by atoms with Crippen LogP contribution in [0.1, 0.15) is 69.7 Å². The summed E-state index contributed by atoms with van der Waals surface area (Å²) in [6.07, 6.45) is -6.28. The van der Waals surface area contributed by atoms with Gasteiger partial charge in [0.25, 0.3) is 0 Å². The minimum atomic E-state index is -1.68. The Hall–Kier alpha value is -3.39. The fraction of sp³-hybridized carbons (Fsp3) is 0.444. The Morgan fingerprint density at radius 3 is 2.28 bits per heavy atom. The van der Waals surface area contributed by atoms with Crippen LogP contribution in [-0.4, -0.2) is 85.5 Å². The highest BCUT2D eigenvalue weighted by Gasteiger charge is 2.44. The van der Waals surface area contributed by atoms with Crippen LogP contribution in [0.2, 0.25) is 0 Å². The minimum Gasteiger partial charge on any atom is -0.507 e. The average Bonchev–Trinajstić information content (AvgIpc) is 2.89. The fourth-order valence-corrected chi connectivity index (χ4v) is 4.83. The molecular weight excluding hydrogens is 516 g/mol. The first-order valence-electron chi connectivity index (χ1n) is 12.4. The van der Waals surface area contributed by atoms with E-state index in [1.165, 1.54) is 25.1 Å². The van der Waals surface area contributed by atoms with Gasteiger partial charge in [-0.1, -0.05) is 0 Å². The quantitative estimate of drug-likeness (QED) is 0.127. The van der Waals surface area contributed by atoms with Crippen LogP contribution in [0.5, 0.6) is 17.2 Å². The monoisotopic (exact) mass is 546 g/mol. The number of ketones is 2. The zero-order chi connectivity index (χ0) is 28.6. The van der Waals surface area contributed by atoms with Crippen LogP contribution in [0, 0.1) is 0 Å². The number of esters is 1. The van der Waals surface area contributed by atoms with E-state index in [9.17, 15) is 45.0 Å². The number of hydrogen-bond donors (Lipinski definition) is 6. The van der Waals surface area contributed by atoms with Gasteiger partial charge in [-0.15, -0.1) is 0 Å². The summed E-state index contributed by atoms with van der Waals surface area (Å²) in [7, 11) is 0. The molecule has 1 fully saturated rings. The van der Waals surface area contributed by atoms with Crippen molar-refractivity contribution in [1.82, 2.24) is 0 Å². The number of hydrogen-bond acceptors (Lipinski definition) is 12. The first-order chi connectivity index (χ1) is 18.5. The van der Waals surface area contributed by atoms with E-state index in [4.69, 9.17) is 14.2 Å². The third kappa shape index (κ3) is 5.26. The molecule has 0 radical (unpaired) electrons. The Morgan fingerprint density at radius 1 is 0.949 bits per heavy atom. The third-order valence-electron chi connectivity index (χ3n) is 6.82. The van der Waals surface area contributed by atoms with Gasteiger partial charge in [-0.2, -0.15) is 0 Å². The number of benzene rings is 2. The van der Waals surface area contributed by atoms with E-state index < -0.39 is 60.6 Å². The maximum absolute atomic E-state index is 13.6. The second-order valence-corrected chi connectivity index (χ2v) is 9.52. The summed E-state index contributed by atoms with van der Waals surface area (Å²) in [5.41, 5.74) is -0.744. The lowest BCUT2D eigenvalue weighted by Gasteiger charge is -2.39. The topological polar surface area (TPSA) is 200 Å². The Kier molecular flexibility index (Phi) is 8.35. The molecule has 6 N–H and O–H groups in total. The molecule has 0 spiro atoms. The van der Waals surface area contributed by atoms with Crippen molar-refractivity contribution < 1.29 is 59.2 Å². The molecule has 1 saturated heterocycles. The molecule has 0 amide bonds. The SMILES string of the molecule is CC(=O)Oc1cc(CO)c2c(c1)C(=O)c1cc(O[C@H]3O[C@H](C)[C@@H](O)[C@@H](O)[C@H]3O)c(CCCCO)c(O)c1C2=O. The molecule has 210 valence electrons. The number of phenols is 1. The highest BCUT2D eigenvalue weighted by Crippen LogP contribution is 2.43. The van der Waals surface area contributed by atoms with Crippen LogP contribution in [0.15, 0.2) is 18.2 Å². The van der Waals surface area contributed by atoms with Crippen molar-refractivity contribution in [2.24, 2.45) is 0 Å². The third-order valence-corrected chi connectivity index (χ3v) is 6.82. The Bertz CT molecular complexity index is 1300. The van der Waals surface area contributed by atoms with Gasteiger partial charge in [0.1, 0.15) is 35.6 Å². The fourth-order valence-electron chi connectivity index (χ4n) is 4.83. The maximum atomic E-state index is 13.6. The van der Waals surface area contributed by atoms with Crippen LogP contribution >= 0.6 is 0 Å². The summed E-state index contributed by atoms with van der Waals surface area (Å²) in [5, 5.41) is 61.0. The summed E-state index contributed by atoms with van der Waals surface area (Å²) < 4.78 is 16.4. The Labute approximate surface area is 223 Å². The van der Waals surface area contributed by atoms with E-state index in [1.807, 2.05) is 0 Å². The number of unbranched alkanes of at least 4 members (excludes halogenated alkanes) is 1. The predicted octanol–water partition coefficient (Wildman–Crippen LogP) is 0.106. The van der Waals surface area contributed by atoms with Crippen LogP contribution in [0.25, 0.3) is 0 Å². The molecule has 0 saturated carbocycles. The van der Waals surface area contributed by atoms with E-state index in [0.717, 1.165) is 6.92 Å². The number of phenolic OH excluding ortho intramolecular Hbond substituents is 1. The number of aromatic hydroxyl groups is 1. The number of fused-ring (bicyclic) bond motifs is 2. The number of rotatable bonds is 8. The van der Waals surface area contributed by atoms with Gasteiger partial charge in [0.2, 0.25) is 6.29 Å². The first kappa shape index (κ1) is 28.6. The van der Waals surface area contributed by atoms with Crippen molar-refractivity contribution in [3.8, 4) is 17.2 Å². The average molecular weight is 547 g/mol. The summed E-state index contributed by atoms with van der Waals surface area (Å²) in [6, 6.07) is 3.66. The van der Waals surface area contributed by atoms with Crippen LogP contribution < -0.4 is 9.47 Å². The summed E-state index contributed by atoms with van der Waals surface area (Å²) in [5.74, 6) is -2.88. The van der Waals surface area contributed by atoms with Crippen LogP contribution in [0.3, 0.4) is 0 Å². The molecule has 0 bridgehead atoms. The molecule has 4 rings (SSSR count). The van der Waals surface area contributed by atoms with Crippen LogP contribution in [0.4, 0.5) is 0 Å². The second-order valence-electron chi connectivity index (χ2n) is 9.52. The minimum absolute atomic E-state index is 0.0227. The Balaban J connectivity index is 1.84. The molecule has 1 aliphatic carbocycles. The molecule has 0 aromatic heterocycles. The highest BCUT2D eigenvalue weighted by atomic mass is 16.7. The molecule has 12 heteroatoms. The molecule has 1 heterocycles. The predicted molar refractivity (Wildman–Crippen MR) is 132 cm³/mol. The number of carbonyl (C=O) groups excluding carboxylic acids is 3. The van der Waals surface area contributed by atoms with E-state index in [0.29, 0.717) is 12.8 Å². The van der Waals surface area contributed by atoms with Gasteiger partial charge in [0, 0.05) is 35.8 Å². The van der Waals surface area contributed by atoms with Gasteiger partial charge in [-0.3, -0.25) is 14.4 Å². The maximum Gasteiger partial charge on any atom is 0.308 e. The van der Waals surface area contributed by atoms with Gasteiger partial charge < -0.3 is 44.8 Å². The summed E-state index contributed by atoms with van der Waals surface area (Å²) in [4.78, 5) is 38.7. The summed E-state index contributed by atoms with van der Waals surface area (Å²) in [6.45, 7) is 1.82. The largest absolute Gasteiger partial charge is 0.507 e. The van der Waals surface area contributed by atoms with Crippen molar-refractivity contribution in [3.63, 3.8) is 0 Å². The number of aliphatic hydroxyl groups is 5. The van der Waals surface area contributed by atoms with Crippen molar-refractivity contribution in [1.29, 1.82) is 0 Å². The number of aliphatic hydroxyl groups excluding tert-OH is 5. The molecule has 12 nitrogen and oxygen atoms in total. The highest BCUT2D eigenvalue weighted by molar-refractivity contribution is 6.30. The van der Waals surface area contributed by atoms with E-state index in [-0.39, 0.29) is 57.9 Å². The lowest BCUT2D eigenvalue weighted by molar-refractivity contribution is -0.268. The molecular formula is C27H30O12. The number of carbonyl (C=O) groups is 3. The van der Waals surface area contributed by atoms with Crippen molar-refractivity contribution in [3.05, 3.63) is 51.6 Å². The standard InChI is InChI=1S/C27H30O12/c1-11-21(31)25(35)26(36)27(37-11)39-18-9-17-20(23(33)15(18)5-3-4-6-28)24(34)19-13(10-29)7-14(38-12(2)30)8-16(19)22(17)32/h7-9,11,21,25-29,31,33,35-36H,3-6,10H2,1-2H3/t11-,21-,25-,26-,27-/m1/s1. The van der Waals surface area contributed by atoms with Gasteiger partial charge in [0.05, 0.1) is 18.3 Å². The van der Waals surface area contributed by atoms with E-state index in [2.05, 4.69) is 0 Å². The van der Waals surface area contributed by atoms with Crippen molar-refractivity contribution >= 4 is 17.5 Å². The van der Waals surface area contributed by atoms with Gasteiger partial charge in [0.15, 0.2) is 11.6 Å². The lowest BCUT2D eigenvalue weighted by atomic mass is 9.80. The van der Waals surface area contributed by atoms with Gasteiger partial charge in [-0.05, 0) is 49.9 Å². The zero-order valence-corrected chi connectivity index (χ0v) is 21.3. The Morgan fingerprint density at radius 2 is 1.64 bits per heavy atom. The summed E-state index contributed by atoms with van der Waals surface area (Å²) >= 11 is 0. The molecule has 1 aliphatic heterocycles. The van der Waals surface area contributed by atoms with Crippen LogP contribution in [-0.2, 0) is 22.6 Å².